The molecule has 11 heteroatoms. The van der Waals surface area contributed by atoms with Crippen molar-refractivity contribution in [2.24, 2.45) is 0 Å². The highest BCUT2D eigenvalue weighted by Crippen LogP contribution is 2.57. The van der Waals surface area contributed by atoms with Crippen molar-refractivity contribution in [3.63, 3.8) is 0 Å². The zero-order chi connectivity index (χ0) is 41.1. The fourth-order valence-corrected chi connectivity index (χ4v) is 10.7. The largest absolute Gasteiger partial charge is 0.481 e. The highest BCUT2D eigenvalue weighted by molar-refractivity contribution is 7.24. The first-order valence-corrected chi connectivity index (χ1v) is 21.3. The molecule has 0 fully saturated rings. The van der Waals surface area contributed by atoms with Gasteiger partial charge in [0.15, 0.2) is 5.78 Å². The number of carbonyl (C=O) groups is 4. The predicted molar refractivity (Wildman–Crippen MR) is 234 cm³/mol. The van der Waals surface area contributed by atoms with E-state index in [0.29, 0.717) is 44.3 Å². The molecule has 7 rings (SSSR count). The van der Waals surface area contributed by atoms with Crippen LogP contribution in [0.3, 0.4) is 0 Å². The van der Waals surface area contributed by atoms with Gasteiger partial charge in [0.25, 0.3) is 0 Å². The van der Waals surface area contributed by atoms with Crippen molar-refractivity contribution in [1.82, 2.24) is 4.57 Å². The fraction of sp³-hybridized carbons (Fsp3) is 0.298. The number of aryl methyl sites for hydroxylation is 1. The summed E-state index contributed by atoms with van der Waals surface area (Å²) in [5.74, 6) is -2.34. The molecule has 3 aromatic carbocycles. The van der Waals surface area contributed by atoms with Gasteiger partial charge in [-0.25, -0.2) is 9.64 Å². The van der Waals surface area contributed by atoms with Crippen LogP contribution < -0.4 is 4.90 Å². The number of allylic oxidation sites excluding steroid dienone is 1. The average molecular weight is 812 g/mol. The number of ketones is 1. The number of aliphatic carboxylic acids is 1. The number of unbranched alkanes of at least 4 members (excludes halogenated alkanes) is 3. The first-order chi connectivity index (χ1) is 27.9. The number of thiophene rings is 2. The van der Waals surface area contributed by atoms with E-state index in [1.807, 2.05) is 0 Å². The molecule has 0 unspecified atom stereocenters. The number of carboxylic acids is 2. The summed E-state index contributed by atoms with van der Waals surface area (Å²) < 4.78 is 2.36. The maximum absolute atomic E-state index is 13.4. The van der Waals surface area contributed by atoms with Crippen LogP contribution in [0.15, 0.2) is 84.6 Å². The molecule has 0 atom stereocenters. The summed E-state index contributed by atoms with van der Waals surface area (Å²) >= 11 is 3.41. The van der Waals surface area contributed by atoms with Crippen LogP contribution >= 0.6 is 22.7 Å². The molecule has 2 N–H and O–H groups in total. The Morgan fingerprint density at radius 3 is 2.21 bits per heavy atom. The van der Waals surface area contributed by atoms with Crippen molar-refractivity contribution in [3.8, 4) is 20.2 Å². The number of aromatic nitrogens is 1. The fourth-order valence-electron chi connectivity index (χ4n) is 8.01. The summed E-state index contributed by atoms with van der Waals surface area (Å²) in [4.78, 5) is 58.7. The molecule has 0 saturated carbocycles. The van der Waals surface area contributed by atoms with Gasteiger partial charge in [-0.05, 0) is 110 Å². The molecule has 1 aliphatic rings. The lowest BCUT2D eigenvalue weighted by Crippen LogP contribution is -2.31. The van der Waals surface area contributed by atoms with E-state index in [1.54, 1.807) is 45.8 Å². The second-order valence-electron chi connectivity index (χ2n) is 15.2. The topological polar surface area (TPSA) is 121 Å². The van der Waals surface area contributed by atoms with Crippen LogP contribution in [0.2, 0.25) is 0 Å². The number of carboxylic acid groups (broad SMARTS) is 2. The third-order valence-corrected chi connectivity index (χ3v) is 13.6. The van der Waals surface area contributed by atoms with Crippen molar-refractivity contribution in [1.29, 1.82) is 0 Å². The molecule has 1 aliphatic carbocycles. The third kappa shape index (κ3) is 8.00. The standard InChI is InChI=1S/C47H45N3O6S2/c1-5-49-38-14-9-8-13-33(38)34-25-30(20-23-39(34)49)41-28-36-45(58-41)44-35(47(36,2)3)26-32(57-44)27-37(48-4)40(51)15-10-11-16-42(52)50(24-12-6-7-17-43(53)54)31-21-18-29(19-22-31)46(55)56/h8-9,13-14,18-23,25-28H,5-7,10-12,15-17,24H2,1-3H3,(H,53,54)(H,55,56)/b37-27-. The number of fused-ring (bicyclic) bond motifs is 6. The van der Waals surface area contributed by atoms with E-state index in [-0.39, 0.29) is 47.6 Å². The molecule has 9 nitrogen and oxygen atoms in total. The molecule has 0 bridgehead atoms. The maximum atomic E-state index is 13.4. The Balaban J connectivity index is 1.01. The molecular weight excluding hydrogens is 767 g/mol. The third-order valence-electron chi connectivity index (χ3n) is 11.1. The van der Waals surface area contributed by atoms with Crippen molar-refractivity contribution in [2.75, 3.05) is 11.4 Å². The minimum absolute atomic E-state index is 0.0600. The smallest absolute Gasteiger partial charge is 0.335 e. The Labute approximate surface area is 345 Å². The van der Waals surface area contributed by atoms with Crippen LogP contribution in [0.1, 0.15) is 98.5 Å². The number of benzene rings is 3. The second-order valence-corrected chi connectivity index (χ2v) is 17.4. The quantitative estimate of drug-likeness (QED) is 0.0537. The summed E-state index contributed by atoms with van der Waals surface area (Å²) in [7, 11) is 0. The lowest BCUT2D eigenvalue weighted by molar-refractivity contribution is -0.137. The summed E-state index contributed by atoms with van der Waals surface area (Å²) in [6.45, 7) is 15.8. The molecule has 58 heavy (non-hydrogen) atoms. The zero-order valence-corrected chi connectivity index (χ0v) is 34.5. The monoisotopic (exact) mass is 811 g/mol. The SMILES string of the molecule is [C-]#[N+]/C(=C\c1cc2c(s1)-c1sc(-c3ccc4c(c3)c3ccccc3n4CC)cc1C2(C)C)C(=O)CCCCC(=O)N(CCCCCC(=O)O)c1ccc(C(=O)O)cc1. The van der Waals surface area contributed by atoms with Crippen LogP contribution in [-0.2, 0) is 26.3 Å². The number of hydrogen-bond donors (Lipinski definition) is 2. The lowest BCUT2D eigenvalue weighted by Gasteiger charge is -2.23. The van der Waals surface area contributed by atoms with Gasteiger partial charge in [0.2, 0.25) is 11.6 Å². The summed E-state index contributed by atoms with van der Waals surface area (Å²) in [6, 6.07) is 25.9. The first kappa shape index (κ1) is 40.4. The van der Waals surface area contributed by atoms with Crippen molar-refractivity contribution in [3.05, 3.63) is 118 Å². The molecule has 0 saturated heterocycles. The number of Topliss-reactive ketones (excluding diaryl/α,β-unsaturated/α-hetero) is 1. The number of amides is 1. The van der Waals surface area contributed by atoms with E-state index in [1.165, 1.54) is 65.3 Å². The van der Waals surface area contributed by atoms with Gasteiger partial charge in [0.05, 0.1) is 12.1 Å². The van der Waals surface area contributed by atoms with E-state index in [2.05, 4.69) is 84.8 Å². The van der Waals surface area contributed by atoms with E-state index in [9.17, 15) is 24.3 Å². The Morgan fingerprint density at radius 2 is 1.48 bits per heavy atom. The number of nitrogens with zero attached hydrogens (tertiary/aromatic N) is 3. The predicted octanol–water partition coefficient (Wildman–Crippen LogP) is 11.7. The summed E-state index contributed by atoms with van der Waals surface area (Å²) in [5.41, 5.74) is 6.70. The average Bonchev–Trinajstić information content (AvgIpc) is 3.97. The molecule has 0 radical (unpaired) electrons. The number of aromatic carboxylic acids is 1. The normalized spacial score (nSPS) is 13.0. The van der Waals surface area contributed by atoms with E-state index in [4.69, 9.17) is 11.7 Å². The van der Waals surface area contributed by atoms with Gasteiger partial charge in [0, 0.05) is 84.8 Å². The van der Waals surface area contributed by atoms with Crippen LogP contribution in [0.4, 0.5) is 5.69 Å². The van der Waals surface area contributed by atoms with Crippen LogP contribution in [0, 0.1) is 6.57 Å². The minimum atomic E-state index is -1.06. The van der Waals surface area contributed by atoms with Crippen molar-refractivity contribution < 1.29 is 29.4 Å². The Morgan fingerprint density at radius 1 is 0.793 bits per heavy atom. The van der Waals surface area contributed by atoms with Crippen LogP contribution in [-0.4, -0.2) is 45.0 Å². The van der Waals surface area contributed by atoms with Gasteiger partial charge >= 0.3 is 11.9 Å². The number of rotatable bonds is 17. The molecule has 296 valence electrons. The van der Waals surface area contributed by atoms with Crippen LogP contribution in [0.25, 0.3) is 52.9 Å². The number of para-hydroxylation sites is 1. The van der Waals surface area contributed by atoms with Crippen molar-refractivity contribution >= 4 is 79.9 Å². The van der Waals surface area contributed by atoms with Gasteiger partial charge in [-0.1, -0.05) is 44.5 Å². The highest BCUT2D eigenvalue weighted by atomic mass is 32.1. The van der Waals surface area contributed by atoms with Crippen molar-refractivity contribution in [2.45, 2.75) is 84.1 Å². The number of hydrogen-bond acceptors (Lipinski definition) is 6. The zero-order valence-electron chi connectivity index (χ0n) is 32.8. The molecule has 1 amide bonds. The first-order valence-electron chi connectivity index (χ1n) is 19.7. The number of anilines is 1. The molecule has 6 aromatic rings. The van der Waals surface area contributed by atoms with Gasteiger partial charge in [-0.15, -0.1) is 22.7 Å². The van der Waals surface area contributed by atoms with Gasteiger partial charge < -0.3 is 24.5 Å². The maximum Gasteiger partial charge on any atom is 0.335 e. The van der Waals surface area contributed by atoms with E-state index in [0.717, 1.165) is 11.4 Å². The summed E-state index contributed by atoms with van der Waals surface area (Å²) in [6.07, 6.45) is 4.68. The second kappa shape index (κ2) is 16.9. The van der Waals surface area contributed by atoms with Gasteiger partial charge in [0.1, 0.15) is 0 Å². The molecule has 3 heterocycles. The van der Waals surface area contributed by atoms with Crippen LogP contribution in [0.5, 0.6) is 0 Å². The lowest BCUT2D eigenvalue weighted by atomic mass is 9.83. The highest BCUT2D eigenvalue weighted by Gasteiger charge is 2.39. The summed E-state index contributed by atoms with van der Waals surface area (Å²) in [5, 5.41) is 20.8. The van der Waals surface area contributed by atoms with E-state index < -0.39 is 11.9 Å². The molecule has 0 aliphatic heterocycles. The molecular formula is C47H45N3O6S2. The number of carbonyl (C=O) groups excluding carboxylic acids is 2. The Hall–Kier alpha value is -5.83. The van der Waals surface area contributed by atoms with Gasteiger partial charge in [-0.3, -0.25) is 9.59 Å². The Kier molecular flexibility index (Phi) is 11.8. The molecule has 3 aromatic heterocycles. The van der Waals surface area contributed by atoms with Gasteiger partial charge in [-0.2, -0.15) is 0 Å². The molecule has 0 spiro atoms. The Bertz CT molecular complexity index is 2640. The van der Waals surface area contributed by atoms with E-state index >= 15 is 0 Å². The minimum Gasteiger partial charge on any atom is -0.481 e.